The molecule has 0 amide bonds. The molecular formula is C39H51NaO10Si2Sn. The molecule has 3 aromatic rings. The van der Waals surface area contributed by atoms with Crippen LogP contribution in [-0.4, -0.2) is 80.4 Å². The third-order valence-corrected chi connectivity index (χ3v) is 21.8. The maximum absolute atomic E-state index is 12.3. The molecule has 0 fully saturated rings. The average Bonchev–Trinajstić information content (AvgIpc) is 3.16. The van der Waals surface area contributed by atoms with Crippen molar-refractivity contribution in [3.05, 3.63) is 142 Å². The van der Waals surface area contributed by atoms with E-state index in [0.717, 1.165) is 35.4 Å². The number of carbonyl (C=O) groups is 4. The van der Waals surface area contributed by atoms with Crippen LogP contribution in [0.15, 0.2) is 142 Å². The van der Waals surface area contributed by atoms with Crippen LogP contribution in [-0.2, 0) is 40.3 Å². The second-order valence-electron chi connectivity index (χ2n) is 11.7. The van der Waals surface area contributed by atoms with Crippen molar-refractivity contribution in [2.45, 2.75) is 38.7 Å². The molecule has 280 valence electrons. The van der Waals surface area contributed by atoms with E-state index >= 15 is 0 Å². The van der Waals surface area contributed by atoms with Gasteiger partial charge in [-0.05, 0) is 44.7 Å². The number of benzene rings is 3. The Bertz CT molecular complexity index is 1470. The quantitative estimate of drug-likeness (QED) is 0.0953. The van der Waals surface area contributed by atoms with Crippen LogP contribution >= 0.6 is 0 Å². The van der Waals surface area contributed by atoms with Crippen molar-refractivity contribution in [2.75, 3.05) is 20.8 Å². The summed E-state index contributed by atoms with van der Waals surface area (Å²) in [6, 6.07) is 31.1. The first kappa shape index (κ1) is 51.8. The molecular weight excluding hydrogens is 826 g/mol. The molecule has 0 atom stereocenters. The van der Waals surface area contributed by atoms with E-state index in [1.807, 2.05) is 80.8 Å². The van der Waals surface area contributed by atoms with Gasteiger partial charge in [0.1, 0.15) is 0 Å². The normalized spacial score (nSPS) is 10.2. The minimum absolute atomic E-state index is 0. The topological polar surface area (TPSA) is 137 Å². The van der Waals surface area contributed by atoms with Gasteiger partial charge in [0.15, 0.2) is 0 Å². The SMILES string of the molecule is C=CC(=O)OCCC[Si](C)(OC)OC.C=CC(=O)O[Si](C)(C)C.C=CC(=O)[O-].C=CC(=O)[O][Sn]([c]1ccccc1)([c]1ccccc1)[c]1ccccc1.[Na+]. The molecule has 0 aromatic heterocycles. The van der Waals surface area contributed by atoms with Crippen LogP contribution in [0, 0.1) is 0 Å². The van der Waals surface area contributed by atoms with Crippen LogP contribution < -0.4 is 45.4 Å². The summed E-state index contributed by atoms with van der Waals surface area (Å²) in [6.45, 7) is 21.3. The maximum atomic E-state index is 12.3. The molecule has 0 N–H and O–H groups in total. The predicted molar refractivity (Wildman–Crippen MR) is 211 cm³/mol. The molecule has 0 bridgehead atoms. The minimum atomic E-state index is -3.91. The van der Waals surface area contributed by atoms with Crippen LogP contribution in [0.3, 0.4) is 0 Å². The Morgan fingerprint density at radius 3 is 1.26 bits per heavy atom. The largest absolute Gasteiger partial charge is 1.00 e. The van der Waals surface area contributed by atoms with Crippen LogP contribution in [0.1, 0.15) is 6.42 Å². The van der Waals surface area contributed by atoms with E-state index in [1.54, 1.807) is 14.2 Å². The van der Waals surface area contributed by atoms with E-state index in [9.17, 15) is 14.4 Å². The van der Waals surface area contributed by atoms with E-state index in [2.05, 4.69) is 62.7 Å². The van der Waals surface area contributed by atoms with E-state index in [-0.39, 0.29) is 47.5 Å². The first-order valence-electron chi connectivity index (χ1n) is 16.2. The summed E-state index contributed by atoms with van der Waals surface area (Å²) < 4.78 is 29.8. The zero-order chi connectivity index (χ0) is 39.6. The van der Waals surface area contributed by atoms with Crippen molar-refractivity contribution in [3.63, 3.8) is 0 Å². The molecule has 53 heavy (non-hydrogen) atoms. The van der Waals surface area contributed by atoms with Crippen LogP contribution in [0.5, 0.6) is 0 Å². The van der Waals surface area contributed by atoms with Gasteiger partial charge in [0.2, 0.25) is 8.32 Å². The number of hydrogen-bond donors (Lipinski definition) is 0. The fraction of sp³-hybridized carbons (Fsp3) is 0.231. The molecule has 10 nitrogen and oxygen atoms in total. The molecule has 14 heteroatoms. The summed E-state index contributed by atoms with van der Waals surface area (Å²) in [5, 5.41) is 9.14. The summed E-state index contributed by atoms with van der Waals surface area (Å²) in [5.74, 6) is -2.30. The summed E-state index contributed by atoms with van der Waals surface area (Å²) >= 11 is -3.91. The second-order valence-corrected chi connectivity index (χ2v) is 29.1. The summed E-state index contributed by atoms with van der Waals surface area (Å²) in [5.41, 5.74) is 0. The smallest absolute Gasteiger partial charge is 1.00 e. The Morgan fingerprint density at radius 2 is 1.00 bits per heavy atom. The zero-order valence-electron chi connectivity index (χ0n) is 32.0. The molecule has 0 spiro atoms. The summed E-state index contributed by atoms with van der Waals surface area (Å²) in [7, 11) is -0.370. The number of hydrogen-bond acceptors (Lipinski definition) is 10. The van der Waals surface area contributed by atoms with Gasteiger partial charge in [-0.3, -0.25) is 0 Å². The molecule has 0 heterocycles. The molecule has 0 aliphatic carbocycles. The van der Waals surface area contributed by atoms with Crippen molar-refractivity contribution in [1.82, 2.24) is 0 Å². The van der Waals surface area contributed by atoms with Crippen LogP contribution in [0.25, 0.3) is 0 Å². The Morgan fingerprint density at radius 1 is 0.642 bits per heavy atom. The molecule has 0 aliphatic rings. The number of ether oxygens (including phenoxy) is 1. The van der Waals surface area contributed by atoms with Gasteiger partial charge in [0.25, 0.3) is 0 Å². The fourth-order valence-corrected chi connectivity index (χ4v) is 16.8. The van der Waals surface area contributed by atoms with E-state index in [0.29, 0.717) is 6.61 Å². The summed E-state index contributed by atoms with van der Waals surface area (Å²) in [6.07, 6.45) is 5.08. The molecule has 0 unspecified atom stereocenters. The Labute approximate surface area is 343 Å². The van der Waals surface area contributed by atoms with Gasteiger partial charge in [0, 0.05) is 26.4 Å². The van der Waals surface area contributed by atoms with Crippen molar-refractivity contribution in [3.8, 4) is 0 Å². The monoisotopic (exact) mass is 878 g/mol. The Balaban J connectivity index is 0. The summed E-state index contributed by atoms with van der Waals surface area (Å²) in [4.78, 5) is 42.6. The van der Waals surface area contributed by atoms with Crippen molar-refractivity contribution >= 4 is 70.3 Å². The number of carboxylic acids is 1. The fourth-order valence-electron chi connectivity index (χ4n) is 4.14. The number of rotatable bonds is 15. The Kier molecular flexibility index (Phi) is 27.5. The molecule has 0 saturated carbocycles. The standard InChI is InChI=1S/C9H18O4Si.C6H12O2Si.3C6H5.2C3H4O2.Na.Sn/c1-5-9(10)13-7-6-8-14(4,11-2)12-3;1-5-6(7)8-9(2,3)4;3*1-2-4-6-5-3-1;2*1-2-3(4)5;;/h5H,1,6-8H2,2-4H3;5H,1H2,2-4H3;3*1-5H;2*2H,1H2,(H,4,5);;/q;;;;;;;2*+1/p-2. The van der Waals surface area contributed by atoms with Crippen LogP contribution in [0.2, 0.25) is 32.2 Å². The van der Waals surface area contributed by atoms with Crippen LogP contribution in [0.4, 0.5) is 0 Å². The third kappa shape index (κ3) is 21.2. The van der Waals surface area contributed by atoms with E-state index < -0.39 is 41.6 Å². The minimum Gasteiger partial charge on any atom is 1.00 e. The molecule has 3 aromatic carbocycles. The van der Waals surface area contributed by atoms with Crippen molar-refractivity contribution in [2.24, 2.45) is 0 Å². The van der Waals surface area contributed by atoms with Gasteiger partial charge in [-0.25, -0.2) is 9.59 Å². The van der Waals surface area contributed by atoms with Crippen molar-refractivity contribution < 1.29 is 74.9 Å². The number of carbonyl (C=O) groups excluding carboxylic acids is 4. The van der Waals surface area contributed by atoms with Crippen molar-refractivity contribution in [1.29, 1.82) is 0 Å². The first-order chi connectivity index (χ1) is 24.6. The Hall–Kier alpha value is -3.35. The number of carboxylic acid groups (broad SMARTS) is 1. The van der Waals surface area contributed by atoms with Gasteiger partial charge >= 0.3 is 197 Å². The first-order valence-corrected chi connectivity index (χ1v) is 27.6. The zero-order valence-corrected chi connectivity index (χ0v) is 38.9. The van der Waals surface area contributed by atoms with Gasteiger partial charge in [-0.1, -0.05) is 19.7 Å². The number of esters is 1. The number of aliphatic carboxylic acids is 1. The maximum Gasteiger partial charge on any atom is 1.00 e. The molecule has 0 saturated heterocycles. The van der Waals surface area contributed by atoms with Gasteiger partial charge in [-0.15, -0.1) is 0 Å². The second kappa shape index (κ2) is 28.1. The van der Waals surface area contributed by atoms with Gasteiger partial charge < -0.3 is 27.9 Å². The van der Waals surface area contributed by atoms with Gasteiger partial charge in [-0.2, -0.15) is 0 Å². The van der Waals surface area contributed by atoms with E-state index in [1.165, 1.54) is 12.2 Å². The predicted octanol–water partition coefficient (Wildman–Crippen LogP) is 1.33. The third-order valence-electron chi connectivity index (χ3n) is 6.75. The van der Waals surface area contributed by atoms with E-state index in [4.69, 9.17) is 31.0 Å². The van der Waals surface area contributed by atoms with Gasteiger partial charge in [0.05, 0.1) is 12.6 Å². The average molecular weight is 878 g/mol. The molecule has 0 radical (unpaired) electrons. The molecule has 3 rings (SSSR count). The molecule has 0 aliphatic heterocycles.